The number of ketones is 1. The highest BCUT2D eigenvalue weighted by Crippen LogP contribution is 2.69. The van der Waals surface area contributed by atoms with E-state index in [2.05, 4.69) is 13.8 Å². The number of aliphatic hydroxyl groups is 2. The van der Waals surface area contributed by atoms with Crippen LogP contribution in [-0.4, -0.2) is 27.7 Å². The van der Waals surface area contributed by atoms with E-state index >= 15 is 0 Å². The van der Waals surface area contributed by atoms with Crippen molar-refractivity contribution in [2.75, 3.05) is 0 Å². The fraction of sp³-hybridized carbons (Fsp3) is 0.952. The molecule has 0 aromatic carbocycles. The van der Waals surface area contributed by atoms with Crippen LogP contribution in [0.2, 0.25) is 0 Å². The number of hydrogen-bond acceptors (Lipinski definition) is 3. The molecule has 3 heteroatoms. The van der Waals surface area contributed by atoms with Gasteiger partial charge in [-0.1, -0.05) is 13.8 Å². The second-order valence-corrected chi connectivity index (χ2v) is 10.0. The molecule has 0 unspecified atom stereocenters. The number of Topliss-reactive ketones (excluding diaryl/α,β-unsaturated/α-hetero) is 1. The second kappa shape index (κ2) is 5.30. The Morgan fingerprint density at radius 3 is 2.42 bits per heavy atom. The van der Waals surface area contributed by atoms with Crippen LogP contribution >= 0.6 is 0 Å². The summed E-state index contributed by atoms with van der Waals surface area (Å²) in [5.74, 6) is 1.83. The molecule has 0 aromatic rings. The Hall–Kier alpha value is -0.410. The molecule has 0 aromatic heterocycles. The van der Waals surface area contributed by atoms with E-state index in [9.17, 15) is 15.0 Å². The van der Waals surface area contributed by atoms with Crippen molar-refractivity contribution in [3.05, 3.63) is 0 Å². The number of rotatable bonds is 1. The Labute approximate surface area is 146 Å². The Morgan fingerprint density at radius 2 is 1.71 bits per heavy atom. The molecule has 4 fully saturated rings. The maximum atomic E-state index is 12.2. The predicted octanol–water partition coefficient (Wildman–Crippen LogP) is 3.71. The monoisotopic (exact) mass is 334 g/mol. The van der Waals surface area contributed by atoms with Gasteiger partial charge in [0.2, 0.25) is 0 Å². The van der Waals surface area contributed by atoms with Crippen LogP contribution in [0.15, 0.2) is 0 Å². The molecule has 24 heavy (non-hydrogen) atoms. The van der Waals surface area contributed by atoms with E-state index < -0.39 is 5.60 Å². The van der Waals surface area contributed by atoms with Gasteiger partial charge < -0.3 is 10.2 Å². The van der Waals surface area contributed by atoms with Gasteiger partial charge in [0.15, 0.2) is 0 Å². The van der Waals surface area contributed by atoms with Crippen LogP contribution in [0.3, 0.4) is 0 Å². The Morgan fingerprint density at radius 1 is 0.958 bits per heavy atom. The second-order valence-electron chi connectivity index (χ2n) is 10.0. The van der Waals surface area contributed by atoms with Crippen molar-refractivity contribution >= 4 is 5.78 Å². The molecule has 136 valence electrons. The molecule has 0 spiro atoms. The minimum Gasteiger partial charge on any atom is -0.393 e. The average molecular weight is 335 g/mol. The van der Waals surface area contributed by atoms with Gasteiger partial charge >= 0.3 is 0 Å². The van der Waals surface area contributed by atoms with E-state index in [0.717, 1.165) is 57.8 Å². The lowest BCUT2D eigenvalue weighted by atomic mass is 9.43. The molecule has 0 heterocycles. The third-order valence-corrected chi connectivity index (χ3v) is 9.32. The maximum absolute atomic E-state index is 12.2. The summed E-state index contributed by atoms with van der Waals surface area (Å²) in [5, 5.41) is 21.9. The van der Waals surface area contributed by atoms with Gasteiger partial charge in [-0.25, -0.2) is 0 Å². The average Bonchev–Trinajstić information content (AvgIpc) is 2.80. The van der Waals surface area contributed by atoms with Crippen molar-refractivity contribution in [3.8, 4) is 0 Å². The van der Waals surface area contributed by atoms with Gasteiger partial charge in [-0.15, -0.1) is 0 Å². The van der Waals surface area contributed by atoms with E-state index in [4.69, 9.17) is 0 Å². The number of hydrogen-bond donors (Lipinski definition) is 2. The first-order chi connectivity index (χ1) is 11.2. The Bertz CT molecular complexity index is 545. The van der Waals surface area contributed by atoms with Crippen LogP contribution in [0.1, 0.15) is 78.6 Å². The van der Waals surface area contributed by atoms with Crippen molar-refractivity contribution < 1.29 is 15.0 Å². The van der Waals surface area contributed by atoms with E-state index in [1.165, 1.54) is 0 Å². The number of fused-ring (bicyclic) bond motifs is 5. The van der Waals surface area contributed by atoms with Crippen LogP contribution in [0.25, 0.3) is 0 Å². The number of carbonyl (C=O) groups is 1. The standard InChI is InChI=1S/C21H34O3/c1-13(22)16-8-11-21(24)18-5-4-14-12-15(23)6-9-19(14,2)17(18)7-10-20(16,21)3/h14-18,23-24H,4-12H2,1-3H3/t14-,15-,16-,17+,18+,19-,20+,21-/m0/s1. The number of carbonyl (C=O) groups excluding carboxylic acids is 1. The Kier molecular flexibility index (Phi) is 3.76. The molecule has 8 atom stereocenters. The molecule has 0 radical (unpaired) electrons. The highest BCUT2D eigenvalue weighted by Gasteiger charge is 2.67. The molecule has 3 nitrogen and oxygen atoms in total. The summed E-state index contributed by atoms with van der Waals surface area (Å²) < 4.78 is 0. The predicted molar refractivity (Wildman–Crippen MR) is 93.4 cm³/mol. The molecular weight excluding hydrogens is 300 g/mol. The van der Waals surface area contributed by atoms with Crippen LogP contribution < -0.4 is 0 Å². The highest BCUT2D eigenvalue weighted by molar-refractivity contribution is 5.80. The first-order valence-electron chi connectivity index (χ1n) is 10.1. The smallest absolute Gasteiger partial charge is 0.133 e. The normalized spacial score (nSPS) is 57.0. The van der Waals surface area contributed by atoms with Crippen molar-refractivity contribution in [1.82, 2.24) is 0 Å². The van der Waals surface area contributed by atoms with Gasteiger partial charge in [0.05, 0.1) is 11.7 Å². The van der Waals surface area contributed by atoms with Crippen molar-refractivity contribution in [2.45, 2.75) is 90.3 Å². The van der Waals surface area contributed by atoms with Gasteiger partial charge in [0.1, 0.15) is 5.78 Å². The fourth-order valence-electron chi connectivity index (χ4n) is 7.85. The van der Waals surface area contributed by atoms with Crippen LogP contribution in [0, 0.1) is 34.5 Å². The molecule has 4 aliphatic rings. The lowest BCUT2D eigenvalue weighted by molar-refractivity contribution is -0.210. The van der Waals surface area contributed by atoms with Gasteiger partial charge in [-0.2, -0.15) is 0 Å². The first-order valence-corrected chi connectivity index (χ1v) is 10.1. The summed E-state index contributed by atoms with van der Waals surface area (Å²) in [6.45, 7) is 6.35. The molecule has 0 saturated heterocycles. The lowest BCUT2D eigenvalue weighted by Gasteiger charge is -2.63. The quantitative estimate of drug-likeness (QED) is 0.768. The highest BCUT2D eigenvalue weighted by atomic mass is 16.3. The van der Waals surface area contributed by atoms with Crippen LogP contribution in [0.5, 0.6) is 0 Å². The summed E-state index contributed by atoms with van der Waals surface area (Å²) in [6.07, 6.45) is 8.87. The SMILES string of the molecule is CC(=O)[C@@H]1CC[C@]2(O)[C@@H]3CC[C@H]4C[C@@H](O)CC[C@]4(C)[C@@H]3CC[C@]12C. The summed E-state index contributed by atoms with van der Waals surface area (Å²) in [7, 11) is 0. The molecule has 0 aliphatic heterocycles. The largest absolute Gasteiger partial charge is 0.393 e. The van der Waals surface area contributed by atoms with Crippen molar-refractivity contribution in [1.29, 1.82) is 0 Å². The minimum atomic E-state index is -0.656. The van der Waals surface area contributed by atoms with E-state index in [1.807, 2.05) is 0 Å². The van der Waals surface area contributed by atoms with Gasteiger partial charge in [0.25, 0.3) is 0 Å². The summed E-state index contributed by atoms with van der Waals surface area (Å²) in [5.41, 5.74) is -0.610. The zero-order chi connectivity index (χ0) is 17.3. The maximum Gasteiger partial charge on any atom is 0.133 e. The van der Waals surface area contributed by atoms with Crippen LogP contribution in [0.4, 0.5) is 0 Å². The third-order valence-electron chi connectivity index (χ3n) is 9.32. The van der Waals surface area contributed by atoms with E-state index in [-0.39, 0.29) is 28.6 Å². The molecule has 2 N–H and O–H groups in total. The molecule has 0 bridgehead atoms. The molecule has 4 aliphatic carbocycles. The van der Waals surface area contributed by atoms with Gasteiger partial charge in [-0.3, -0.25) is 4.79 Å². The van der Waals surface area contributed by atoms with Gasteiger partial charge in [-0.05, 0) is 87.9 Å². The van der Waals surface area contributed by atoms with Crippen molar-refractivity contribution in [2.24, 2.45) is 34.5 Å². The molecular formula is C21H34O3. The lowest BCUT2D eigenvalue weighted by Crippen LogP contribution is -2.62. The van der Waals surface area contributed by atoms with Crippen molar-refractivity contribution in [3.63, 3.8) is 0 Å². The fourth-order valence-corrected chi connectivity index (χ4v) is 7.85. The molecule has 0 amide bonds. The topological polar surface area (TPSA) is 57.5 Å². The summed E-state index contributed by atoms with van der Waals surface area (Å²) in [6, 6.07) is 0. The third kappa shape index (κ3) is 2.00. The first kappa shape index (κ1) is 17.0. The molecule has 4 saturated carbocycles. The van der Waals surface area contributed by atoms with Crippen LogP contribution in [-0.2, 0) is 4.79 Å². The zero-order valence-corrected chi connectivity index (χ0v) is 15.6. The summed E-state index contributed by atoms with van der Waals surface area (Å²) in [4.78, 5) is 12.2. The van der Waals surface area contributed by atoms with Gasteiger partial charge in [0, 0.05) is 11.3 Å². The number of aliphatic hydroxyl groups excluding tert-OH is 1. The zero-order valence-electron chi connectivity index (χ0n) is 15.6. The Balaban J connectivity index is 1.68. The minimum absolute atomic E-state index is 0.0437. The van der Waals surface area contributed by atoms with E-state index in [0.29, 0.717) is 17.8 Å². The molecule has 4 rings (SSSR count). The summed E-state index contributed by atoms with van der Waals surface area (Å²) >= 11 is 0. The van der Waals surface area contributed by atoms with E-state index in [1.54, 1.807) is 6.92 Å².